The van der Waals surface area contributed by atoms with E-state index in [-0.39, 0.29) is 5.78 Å². The molecule has 0 N–H and O–H groups in total. The maximum absolute atomic E-state index is 12.3. The summed E-state index contributed by atoms with van der Waals surface area (Å²) in [6.07, 6.45) is 0. The van der Waals surface area contributed by atoms with Gasteiger partial charge in [-0.1, -0.05) is 89.4 Å². The highest BCUT2D eigenvalue weighted by atomic mass is 35.6. The summed E-state index contributed by atoms with van der Waals surface area (Å²) in [4.78, 5) is 12.3. The quantitative estimate of drug-likeness (QED) is 0.578. The van der Waals surface area contributed by atoms with Gasteiger partial charge in [-0.15, -0.1) is 0 Å². The highest BCUT2D eigenvalue weighted by Crippen LogP contribution is 2.40. The number of benzene rings is 2. The van der Waals surface area contributed by atoms with Crippen molar-refractivity contribution in [3.8, 4) is 0 Å². The molecule has 0 bridgehead atoms. The van der Waals surface area contributed by atoms with Crippen LogP contribution in [0.25, 0.3) is 0 Å². The van der Waals surface area contributed by atoms with Crippen LogP contribution in [0.3, 0.4) is 0 Å². The molecule has 0 heterocycles. The molecular weight excluding hydrogens is 291 g/mol. The lowest BCUT2D eigenvalue weighted by Gasteiger charge is -2.15. The molecule has 0 atom stereocenters. The van der Waals surface area contributed by atoms with Gasteiger partial charge in [0, 0.05) is 16.7 Å². The van der Waals surface area contributed by atoms with E-state index in [4.69, 9.17) is 34.8 Å². The lowest BCUT2D eigenvalue weighted by atomic mass is 9.99. The van der Waals surface area contributed by atoms with E-state index in [1.54, 1.807) is 48.5 Å². The molecule has 18 heavy (non-hydrogen) atoms. The summed E-state index contributed by atoms with van der Waals surface area (Å²) in [6.45, 7) is 0. The molecule has 0 aliphatic rings. The first-order chi connectivity index (χ1) is 8.50. The number of alkyl halides is 3. The summed E-state index contributed by atoms with van der Waals surface area (Å²) >= 11 is 17.6. The summed E-state index contributed by atoms with van der Waals surface area (Å²) in [6, 6.07) is 15.7. The van der Waals surface area contributed by atoms with E-state index < -0.39 is 3.79 Å². The Labute approximate surface area is 120 Å². The average molecular weight is 300 g/mol. The summed E-state index contributed by atoms with van der Waals surface area (Å²) in [5, 5.41) is 0. The van der Waals surface area contributed by atoms with Crippen LogP contribution >= 0.6 is 34.8 Å². The predicted octanol–water partition coefficient (Wildman–Crippen LogP) is 4.74. The first-order valence-electron chi connectivity index (χ1n) is 5.26. The normalized spacial score (nSPS) is 11.3. The topological polar surface area (TPSA) is 17.1 Å². The van der Waals surface area contributed by atoms with E-state index >= 15 is 0 Å². The van der Waals surface area contributed by atoms with Crippen molar-refractivity contribution in [1.82, 2.24) is 0 Å². The Balaban J connectivity index is 2.50. The van der Waals surface area contributed by atoms with Crippen molar-refractivity contribution in [1.29, 1.82) is 0 Å². The molecular formula is C14H9Cl3O. The van der Waals surface area contributed by atoms with Gasteiger partial charge in [0.25, 0.3) is 0 Å². The Hall–Kier alpha value is -1.02. The summed E-state index contributed by atoms with van der Waals surface area (Å²) in [7, 11) is 0. The van der Waals surface area contributed by atoms with Crippen LogP contribution in [0, 0.1) is 0 Å². The van der Waals surface area contributed by atoms with Gasteiger partial charge in [0.05, 0.1) is 0 Å². The summed E-state index contributed by atoms with van der Waals surface area (Å²) in [5.41, 5.74) is 1.37. The molecule has 1 nitrogen and oxygen atoms in total. The summed E-state index contributed by atoms with van der Waals surface area (Å²) < 4.78 is -1.61. The van der Waals surface area contributed by atoms with Gasteiger partial charge in [-0.25, -0.2) is 0 Å². The molecule has 0 amide bonds. The maximum atomic E-state index is 12.3. The second-order valence-electron chi connectivity index (χ2n) is 3.74. The largest absolute Gasteiger partial charge is 0.289 e. The van der Waals surface area contributed by atoms with Crippen molar-refractivity contribution in [2.24, 2.45) is 0 Å². The van der Waals surface area contributed by atoms with Gasteiger partial charge < -0.3 is 0 Å². The van der Waals surface area contributed by atoms with Gasteiger partial charge in [-0.05, 0) is 0 Å². The summed E-state index contributed by atoms with van der Waals surface area (Å²) in [5.74, 6) is -0.155. The Morgan fingerprint density at radius 2 is 1.39 bits per heavy atom. The zero-order valence-electron chi connectivity index (χ0n) is 9.24. The third-order valence-electron chi connectivity index (χ3n) is 2.51. The number of rotatable bonds is 2. The zero-order valence-corrected chi connectivity index (χ0v) is 11.5. The lowest BCUT2D eigenvalue weighted by molar-refractivity contribution is 0.103. The standard InChI is InChI=1S/C14H9Cl3O/c15-14(16,17)12-9-5-4-8-11(12)13(18)10-6-2-1-3-7-10/h1-9H. The van der Waals surface area contributed by atoms with Gasteiger partial charge in [-0.3, -0.25) is 4.79 Å². The molecule has 4 heteroatoms. The van der Waals surface area contributed by atoms with E-state index in [9.17, 15) is 4.79 Å². The number of carbonyl (C=O) groups is 1. The second kappa shape index (κ2) is 5.31. The number of ketones is 1. The highest BCUT2D eigenvalue weighted by Gasteiger charge is 2.28. The lowest BCUT2D eigenvalue weighted by Crippen LogP contribution is -2.11. The molecule has 0 saturated carbocycles. The Kier molecular flexibility index (Phi) is 3.96. The SMILES string of the molecule is O=C(c1ccccc1)c1ccccc1C(Cl)(Cl)Cl. The fourth-order valence-corrected chi connectivity index (χ4v) is 2.17. The molecule has 0 unspecified atom stereocenters. The van der Waals surface area contributed by atoms with Crippen LogP contribution in [-0.4, -0.2) is 5.78 Å². The van der Waals surface area contributed by atoms with Crippen LogP contribution in [0.4, 0.5) is 0 Å². The fraction of sp³-hybridized carbons (Fsp3) is 0.0714. The zero-order chi connectivity index (χ0) is 13.2. The molecule has 2 aromatic carbocycles. The maximum Gasteiger partial charge on any atom is 0.216 e. The molecule has 0 aliphatic heterocycles. The average Bonchev–Trinajstić information content (AvgIpc) is 2.38. The highest BCUT2D eigenvalue weighted by molar-refractivity contribution is 6.67. The van der Waals surface area contributed by atoms with E-state index in [0.29, 0.717) is 16.7 Å². The van der Waals surface area contributed by atoms with Crippen LogP contribution in [0.2, 0.25) is 0 Å². The molecule has 0 radical (unpaired) electrons. The van der Waals surface area contributed by atoms with Gasteiger partial charge in [-0.2, -0.15) is 0 Å². The van der Waals surface area contributed by atoms with Crippen molar-refractivity contribution in [3.63, 3.8) is 0 Å². The van der Waals surface area contributed by atoms with Crippen LogP contribution in [0.1, 0.15) is 21.5 Å². The minimum Gasteiger partial charge on any atom is -0.289 e. The second-order valence-corrected chi connectivity index (χ2v) is 6.02. The van der Waals surface area contributed by atoms with E-state index in [0.717, 1.165) is 0 Å². The number of hydrogen-bond donors (Lipinski definition) is 0. The van der Waals surface area contributed by atoms with E-state index in [1.807, 2.05) is 6.07 Å². The van der Waals surface area contributed by atoms with Crippen molar-refractivity contribution < 1.29 is 4.79 Å². The van der Waals surface area contributed by atoms with Crippen LogP contribution in [0.5, 0.6) is 0 Å². The van der Waals surface area contributed by atoms with E-state index in [2.05, 4.69) is 0 Å². The first kappa shape index (κ1) is 13.4. The van der Waals surface area contributed by atoms with Crippen LogP contribution in [-0.2, 0) is 3.79 Å². The number of halogens is 3. The Bertz CT molecular complexity index is 559. The molecule has 0 fully saturated rings. The van der Waals surface area contributed by atoms with Gasteiger partial charge in [0.1, 0.15) is 0 Å². The fourth-order valence-electron chi connectivity index (χ4n) is 1.67. The van der Waals surface area contributed by atoms with Crippen molar-refractivity contribution in [2.75, 3.05) is 0 Å². The molecule has 92 valence electrons. The molecule has 0 aliphatic carbocycles. The molecule has 0 spiro atoms. The molecule has 0 saturated heterocycles. The van der Waals surface area contributed by atoms with Gasteiger partial charge >= 0.3 is 0 Å². The number of hydrogen-bond acceptors (Lipinski definition) is 1. The minimum absolute atomic E-state index is 0.155. The van der Waals surface area contributed by atoms with Crippen molar-refractivity contribution >= 4 is 40.6 Å². The Morgan fingerprint density at radius 3 is 2.00 bits per heavy atom. The Morgan fingerprint density at radius 1 is 0.833 bits per heavy atom. The van der Waals surface area contributed by atoms with Gasteiger partial charge in [0.2, 0.25) is 3.79 Å². The van der Waals surface area contributed by atoms with Crippen LogP contribution in [0.15, 0.2) is 54.6 Å². The van der Waals surface area contributed by atoms with Gasteiger partial charge in [0.15, 0.2) is 5.78 Å². The molecule has 2 rings (SSSR count). The minimum atomic E-state index is -1.61. The molecule has 0 aromatic heterocycles. The van der Waals surface area contributed by atoms with Crippen molar-refractivity contribution in [2.45, 2.75) is 3.79 Å². The first-order valence-corrected chi connectivity index (χ1v) is 6.39. The van der Waals surface area contributed by atoms with Crippen molar-refractivity contribution in [3.05, 3.63) is 71.3 Å². The molecule has 2 aromatic rings. The van der Waals surface area contributed by atoms with E-state index in [1.165, 1.54) is 0 Å². The number of carbonyl (C=O) groups excluding carboxylic acids is 1. The monoisotopic (exact) mass is 298 g/mol. The third kappa shape index (κ3) is 2.86. The predicted molar refractivity (Wildman–Crippen MR) is 75.6 cm³/mol. The smallest absolute Gasteiger partial charge is 0.216 e. The van der Waals surface area contributed by atoms with Crippen LogP contribution < -0.4 is 0 Å². The third-order valence-corrected chi connectivity index (χ3v) is 3.12.